The van der Waals surface area contributed by atoms with Gasteiger partial charge in [-0.1, -0.05) is 0 Å². The van der Waals surface area contributed by atoms with Gasteiger partial charge in [0.25, 0.3) is 5.91 Å². The fraction of sp³-hybridized carbons (Fsp3) is 0.667. The van der Waals surface area contributed by atoms with Gasteiger partial charge in [-0.2, -0.15) is 5.10 Å². The third kappa shape index (κ3) is 4.23. The molecular formula is C15H26ClN5O2. The van der Waals surface area contributed by atoms with Crippen LogP contribution in [0.15, 0.2) is 0 Å². The van der Waals surface area contributed by atoms with Crippen molar-refractivity contribution in [3.8, 4) is 0 Å². The number of likely N-dealkylation sites (tertiary alicyclic amines) is 1. The van der Waals surface area contributed by atoms with Crippen molar-refractivity contribution in [1.82, 2.24) is 20.0 Å². The lowest BCUT2D eigenvalue weighted by Crippen LogP contribution is -2.46. The van der Waals surface area contributed by atoms with Crippen molar-refractivity contribution in [1.29, 1.82) is 0 Å². The molecule has 1 aromatic heterocycles. The van der Waals surface area contributed by atoms with Crippen molar-refractivity contribution in [2.75, 3.05) is 26.2 Å². The van der Waals surface area contributed by atoms with Gasteiger partial charge < -0.3 is 16.0 Å². The molecule has 1 aliphatic rings. The van der Waals surface area contributed by atoms with Crippen LogP contribution in [0.5, 0.6) is 0 Å². The molecule has 1 saturated heterocycles. The molecule has 130 valence electrons. The van der Waals surface area contributed by atoms with Crippen molar-refractivity contribution >= 4 is 24.2 Å². The molecule has 1 atom stereocenters. The molecule has 2 rings (SSSR count). The summed E-state index contributed by atoms with van der Waals surface area (Å²) < 4.78 is 1.72. The van der Waals surface area contributed by atoms with Crippen molar-refractivity contribution in [2.45, 2.75) is 26.7 Å². The van der Waals surface area contributed by atoms with E-state index in [4.69, 9.17) is 5.73 Å². The molecule has 1 unspecified atom stereocenters. The average molecular weight is 344 g/mol. The largest absolute Gasteiger partial charge is 0.355 e. The molecule has 1 aliphatic heterocycles. The van der Waals surface area contributed by atoms with Gasteiger partial charge in [0.2, 0.25) is 5.91 Å². The van der Waals surface area contributed by atoms with Gasteiger partial charge in [-0.15, -0.1) is 12.4 Å². The monoisotopic (exact) mass is 343 g/mol. The first-order chi connectivity index (χ1) is 10.5. The Labute approximate surface area is 143 Å². The van der Waals surface area contributed by atoms with Gasteiger partial charge in [-0.25, -0.2) is 0 Å². The van der Waals surface area contributed by atoms with E-state index in [0.717, 1.165) is 24.2 Å². The van der Waals surface area contributed by atoms with E-state index in [2.05, 4.69) is 10.4 Å². The van der Waals surface area contributed by atoms with Crippen LogP contribution in [0.1, 0.15) is 34.6 Å². The number of piperidine rings is 1. The molecule has 23 heavy (non-hydrogen) atoms. The Hall–Kier alpha value is -1.60. The smallest absolute Gasteiger partial charge is 0.257 e. The lowest BCUT2D eigenvalue weighted by atomic mass is 9.96. The molecule has 0 bridgehead atoms. The summed E-state index contributed by atoms with van der Waals surface area (Å²) in [5.74, 6) is -0.191. The number of carbonyl (C=O) groups excluding carboxylic acids is 2. The van der Waals surface area contributed by atoms with Crippen LogP contribution in [0.3, 0.4) is 0 Å². The van der Waals surface area contributed by atoms with E-state index in [0.29, 0.717) is 31.7 Å². The van der Waals surface area contributed by atoms with Gasteiger partial charge in [0.05, 0.1) is 17.2 Å². The summed E-state index contributed by atoms with van der Waals surface area (Å²) in [5, 5.41) is 7.11. The second-order valence-corrected chi connectivity index (χ2v) is 5.84. The molecule has 0 aromatic carbocycles. The van der Waals surface area contributed by atoms with Crippen LogP contribution >= 0.6 is 12.4 Å². The molecule has 0 aliphatic carbocycles. The summed E-state index contributed by atoms with van der Waals surface area (Å²) in [5.41, 5.74) is 7.66. The van der Waals surface area contributed by atoms with E-state index in [1.54, 1.807) is 9.58 Å². The Morgan fingerprint density at radius 1 is 1.39 bits per heavy atom. The van der Waals surface area contributed by atoms with Gasteiger partial charge in [0.15, 0.2) is 0 Å². The van der Waals surface area contributed by atoms with E-state index < -0.39 is 0 Å². The van der Waals surface area contributed by atoms with E-state index in [9.17, 15) is 9.59 Å². The Bertz CT molecular complexity index is 572. The van der Waals surface area contributed by atoms with Crippen LogP contribution in [0.2, 0.25) is 0 Å². The van der Waals surface area contributed by atoms with Crippen LogP contribution in [0.25, 0.3) is 0 Å². The number of aromatic nitrogens is 2. The number of hydrogen-bond donors (Lipinski definition) is 2. The van der Waals surface area contributed by atoms with Gasteiger partial charge in [0, 0.05) is 38.9 Å². The molecule has 1 aromatic rings. The van der Waals surface area contributed by atoms with E-state index >= 15 is 0 Å². The molecule has 0 radical (unpaired) electrons. The standard InChI is InChI=1S/C15H25N5O2.ClH/c1-10-13(11(2)19(3)18-10)15(22)20-8-4-5-12(9-20)14(21)17-7-6-16;/h12H,4-9,16H2,1-3H3,(H,17,21);1H. The minimum Gasteiger partial charge on any atom is -0.355 e. The number of halogens is 1. The second-order valence-electron chi connectivity index (χ2n) is 5.84. The molecule has 2 heterocycles. The maximum absolute atomic E-state index is 12.8. The number of aryl methyl sites for hydroxylation is 2. The zero-order valence-electron chi connectivity index (χ0n) is 14.0. The first-order valence-electron chi connectivity index (χ1n) is 7.73. The van der Waals surface area contributed by atoms with Crippen LogP contribution in [0, 0.1) is 19.8 Å². The highest BCUT2D eigenvalue weighted by molar-refractivity contribution is 5.96. The molecule has 8 heteroatoms. The number of nitrogens with zero attached hydrogens (tertiary/aromatic N) is 3. The Morgan fingerprint density at radius 3 is 2.65 bits per heavy atom. The molecule has 1 fully saturated rings. The fourth-order valence-electron chi connectivity index (χ4n) is 2.96. The highest BCUT2D eigenvalue weighted by atomic mass is 35.5. The molecular weight excluding hydrogens is 318 g/mol. The summed E-state index contributed by atoms with van der Waals surface area (Å²) in [4.78, 5) is 26.6. The average Bonchev–Trinajstić information content (AvgIpc) is 2.77. The third-order valence-electron chi connectivity index (χ3n) is 4.25. The lowest BCUT2D eigenvalue weighted by molar-refractivity contribution is -0.126. The minimum absolute atomic E-state index is 0. The highest BCUT2D eigenvalue weighted by Crippen LogP contribution is 2.21. The number of rotatable bonds is 4. The molecule has 7 nitrogen and oxygen atoms in total. The van der Waals surface area contributed by atoms with Crippen LogP contribution in [-0.4, -0.2) is 52.7 Å². The predicted molar refractivity (Wildman–Crippen MR) is 90.6 cm³/mol. The lowest BCUT2D eigenvalue weighted by Gasteiger charge is -2.32. The van der Waals surface area contributed by atoms with Gasteiger partial charge in [-0.3, -0.25) is 14.3 Å². The topological polar surface area (TPSA) is 93.2 Å². The summed E-state index contributed by atoms with van der Waals surface area (Å²) in [6, 6.07) is 0. The molecule has 2 amide bonds. The van der Waals surface area contributed by atoms with Crippen molar-refractivity contribution in [3.05, 3.63) is 17.0 Å². The number of nitrogens with one attached hydrogen (secondary N) is 1. The second kappa shape index (κ2) is 8.31. The van der Waals surface area contributed by atoms with Crippen LogP contribution in [0.4, 0.5) is 0 Å². The van der Waals surface area contributed by atoms with Crippen molar-refractivity contribution in [2.24, 2.45) is 18.7 Å². The maximum Gasteiger partial charge on any atom is 0.257 e. The zero-order chi connectivity index (χ0) is 16.3. The van der Waals surface area contributed by atoms with Crippen LogP contribution in [-0.2, 0) is 11.8 Å². The molecule has 3 N–H and O–H groups in total. The number of hydrogen-bond acceptors (Lipinski definition) is 4. The first kappa shape index (κ1) is 19.4. The van der Waals surface area contributed by atoms with E-state index in [-0.39, 0.29) is 30.1 Å². The number of amides is 2. The van der Waals surface area contributed by atoms with Gasteiger partial charge in [0.1, 0.15) is 0 Å². The highest BCUT2D eigenvalue weighted by Gasteiger charge is 2.30. The van der Waals surface area contributed by atoms with E-state index in [1.165, 1.54) is 0 Å². The Balaban J connectivity index is 0.00000264. The van der Waals surface area contributed by atoms with Gasteiger partial charge >= 0.3 is 0 Å². The van der Waals surface area contributed by atoms with E-state index in [1.807, 2.05) is 20.9 Å². The van der Waals surface area contributed by atoms with Crippen LogP contribution < -0.4 is 11.1 Å². The summed E-state index contributed by atoms with van der Waals surface area (Å²) in [6.45, 7) is 5.79. The van der Waals surface area contributed by atoms with Gasteiger partial charge in [-0.05, 0) is 26.7 Å². The Kier molecular flexibility index (Phi) is 7.02. The van der Waals surface area contributed by atoms with Crippen molar-refractivity contribution < 1.29 is 9.59 Å². The van der Waals surface area contributed by atoms with Crippen molar-refractivity contribution in [3.63, 3.8) is 0 Å². The fourth-order valence-corrected chi connectivity index (χ4v) is 2.96. The first-order valence-corrected chi connectivity index (χ1v) is 7.73. The Morgan fingerprint density at radius 2 is 2.09 bits per heavy atom. The third-order valence-corrected chi connectivity index (χ3v) is 4.25. The summed E-state index contributed by atoms with van der Waals surface area (Å²) in [7, 11) is 1.83. The summed E-state index contributed by atoms with van der Waals surface area (Å²) >= 11 is 0. The SMILES string of the molecule is Cc1nn(C)c(C)c1C(=O)N1CCCC(C(=O)NCCN)C1.Cl. The predicted octanol–water partition coefficient (Wildman–Crippen LogP) is 0.386. The molecule has 0 saturated carbocycles. The number of carbonyl (C=O) groups is 2. The quantitative estimate of drug-likeness (QED) is 0.826. The normalized spacial score (nSPS) is 17.6. The zero-order valence-corrected chi connectivity index (χ0v) is 14.8. The number of nitrogens with two attached hydrogens (primary N) is 1. The molecule has 0 spiro atoms. The summed E-state index contributed by atoms with van der Waals surface area (Å²) in [6.07, 6.45) is 1.65. The minimum atomic E-state index is -0.151. The maximum atomic E-state index is 12.8.